The van der Waals surface area contributed by atoms with E-state index in [0.29, 0.717) is 17.5 Å². The van der Waals surface area contributed by atoms with Crippen molar-refractivity contribution in [2.75, 3.05) is 0 Å². The minimum atomic E-state index is 0.625. The van der Waals surface area contributed by atoms with Crippen LogP contribution in [0.1, 0.15) is 6.92 Å². The second-order valence-electron chi connectivity index (χ2n) is 13.5. The molecule has 11 aromatic rings. The first kappa shape index (κ1) is 32.2. The zero-order valence-electron chi connectivity index (χ0n) is 30.1. The van der Waals surface area contributed by atoms with Crippen molar-refractivity contribution in [3.63, 3.8) is 0 Å². The Balaban J connectivity index is 0.00000120. The average molecular weight is 707 g/mol. The third-order valence-electron chi connectivity index (χ3n) is 10.2. The van der Waals surface area contributed by atoms with E-state index < -0.39 is 0 Å². The monoisotopic (exact) mass is 706 g/mol. The highest BCUT2D eigenvalue weighted by Gasteiger charge is 2.23. The van der Waals surface area contributed by atoms with Crippen molar-refractivity contribution >= 4 is 54.4 Å². The summed E-state index contributed by atoms with van der Waals surface area (Å²) in [5.41, 5.74) is 8.38. The SMILES string of the molecule is C=CC.c1ccc(-c2nc(-c3ccccc3)nc(-c3cccc(-n4c5cccc6ccc7c8c9ccccc9n(-c9ccccn9)c8cc4c7c65)c3)n2)cc1. The summed E-state index contributed by atoms with van der Waals surface area (Å²) < 4.78 is 4.69. The lowest BCUT2D eigenvalue weighted by Crippen LogP contribution is -2.01. The number of hydrogen-bond donors (Lipinski definition) is 0. The van der Waals surface area contributed by atoms with Gasteiger partial charge < -0.3 is 4.57 Å². The fourth-order valence-electron chi connectivity index (χ4n) is 7.94. The van der Waals surface area contributed by atoms with Crippen LogP contribution >= 0.6 is 0 Å². The van der Waals surface area contributed by atoms with Crippen LogP contribution < -0.4 is 0 Å². The number of hydrogen-bond acceptors (Lipinski definition) is 4. The number of pyridine rings is 1. The van der Waals surface area contributed by atoms with Gasteiger partial charge in [0.2, 0.25) is 0 Å². The molecular formula is C49H34N6. The van der Waals surface area contributed by atoms with Gasteiger partial charge in [-0.3, -0.25) is 4.57 Å². The molecule has 4 aromatic heterocycles. The van der Waals surface area contributed by atoms with Crippen molar-refractivity contribution in [1.82, 2.24) is 29.1 Å². The van der Waals surface area contributed by atoms with E-state index in [4.69, 9.17) is 19.9 Å². The van der Waals surface area contributed by atoms with Crippen LogP contribution in [-0.2, 0) is 0 Å². The average Bonchev–Trinajstić information content (AvgIpc) is 3.77. The van der Waals surface area contributed by atoms with Crippen LogP contribution in [-0.4, -0.2) is 29.1 Å². The molecule has 0 aliphatic rings. The fraction of sp³-hybridized carbons (Fsp3) is 0.0204. The molecule has 7 aromatic carbocycles. The van der Waals surface area contributed by atoms with E-state index in [2.05, 4.69) is 107 Å². The van der Waals surface area contributed by atoms with Gasteiger partial charge in [-0.2, -0.15) is 0 Å². The van der Waals surface area contributed by atoms with Gasteiger partial charge in [-0.1, -0.05) is 127 Å². The number of para-hydroxylation sites is 1. The normalized spacial score (nSPS) is 11.4. The summed E-state index contributed by atoms with van der Waals surface area (Å²) in [5, 5.41) is 7.41. The van der Waals surface area contributed by atoms with Gasteiger partial charge in [-0.15, -0.1) is 6.58 Å². The van der Waals surface area contributed by atoms with E-state index in [0.717, 1.165) is 50.3 Å². The van der Waals surface area contributed by atoms with Crippen LogP contribution in [0.3, 0.4) is 0 Å². The number of benzene rings is 7. The Labute approximate surface area is 317 Å². The first-order valence-electron chi connectivity index (χ1n) is 18.4. The van der Waals surface area contributed by atoms with Gasteiger partial charge in [0, 0.05) is 50.1 Å². The van der Waals surface area contributed by atoms with Crippen LogP contribution in [0.5, 0.6) is 0 Å². The highest BCUT2D eigenvalue weighted by Crippen LogP contribution is 2.45. The van der Waals surface area contributed by atoms with E-state index in [1.54, 1.807) is 6.08 Å². The molecule has 4 heterocycles. The molecule has 0 atom stereocenters. The predicted octanol–water partition coefficient (Wildman–Crippen LogP) is 12.2. The number of nitrogens with zero attached hydrogens (tertiary/aromatic N) is 6. The van der Waals surface area contributed by atoms with Gasteiger partial charge in [-0.25, -0.2) is 19.9 Å². The molecule has 6 heteroatoms. The van der Waals surface area contributed by atoms with Crippen LogP contribution in [0.4, 0.5) is 0 Å². The van der Waals surface area contributed by atoms with Gasteiger partial charge in [0.15, 0.2) is 17.5 Å². The van der Waals surface area contributed by atoms with Crippen LogP contribution in [0.25, 0.3) is 100 Å². The summed E-state index contributed by atoms with van der Waals surface area (Å²) in [6.07, 6.45) is 3.61. The molecule has 0 saturated carbocycles. The summed E-state index contributed by atoms with van der Waals surface area (Å²) in [4.78, 5) is 19.8. The maximum atomic E-state index is 5.04. The van der Waals surface area contributed by atoms with Crippen LogP contribution in [0.15, 0.2) is 183 Å². The van der Waals surface area contributed by atoms with Crippen molar-refractivity contribution in [1.29, 1.82) is 0 Å². The molecular weight excluding hydrogens is 673 g/mol. The molecule has 11 rings (SSSR count). The Hall–Kier alpha value is -7.44. The number of fused-ring (bicyclic) bond motifs is 4. The highest BCUT2D eigenvalue weighted by atomic mass is 15.1. The molecule has 0 saturated heterocycles. The van der Waals surface area contributed by atoms with E-state index in [1.165, 1.54) is 32.3 Å². The molecule has 0 spiro atoms. The summed E-state index contributed by atoms with van der Waals surface area (Å²) in [6.45, 7) is 5.25. The number of allylic oxidation sites excluding steroid dienone is 1. The third kappa shape index (κ3) is 5.26. The zero-order valence-corrected chi connectivity index (χ0v) is 30.1. The lowest BCUT2D eigenvalue weighted by atomic mass is 9.98. The Morgan fingerprint density at radius 1 is 0.455 bits per heavy atom. The van der Waals surface area contributed by atoms with E-state index in [9.17, 15) is 0 Å². The quantitative estimate of drug-likeness (QED) is 0.132. The minimum Gasteiger partial charge on any atom is -0.309 e. The topological polar surface area (TPSA) is 61.4 Å². The molecule has 0 N–H and O–H groups in total. The largest absolute Gasteiger partial charge is 0.309 e. The fourth-order valence-corrected chi connectivity index (χ4v) is 7.94. The second kappa shape index (κ2) is 13.2. The lowest BCUT2D eigenvalue weighted by Gasteiger charge is -2.12. The molecule has 0 aliphatic heterocycles. The summed E-state index contributed by atoms with van der Waals surface area (Å²) in [5.74, 6) is 2.80. The zero-order chi connectivity index (χ0) is 36.9. The summed E-state index contributed by atoms with van der Waals surface area (Å²) in [7, 11) is 0. The van der Waals surface area contributed by atoms with Gasteiger partial charge in [-0.05, 0) is 60.2 Å². The van der Waals surface area contributed by atoms with Gasteiger partial charge in [0.1, 0.15) is 5.82 Å². The lowest BCUT2D eigenvalue weighted by molar-refractivity contribution is 1.07. The summed E-state index contributed by atoms with van der Waals surface area (Å²) in [6, 6.07) is 57.0. The first-order chi connectivity index (χ1) is 27.2. The van der Waals surface area contributed by atoms with Crippen molar-refractivity contribution in [3.8, 4) is 45.7 Å². The maximum Gasteiger partial charge on any atom is 0.164 e. The maximum absolute atomic E-state index is 5.04. The Morgan fingerprint density at radius 2 is 1.05 bits per heavy atom. The summed E-state index contributed by atoms with van der Waals surface area (Å²) >= 11 is 0. The van der Waals surface area contributed by atoms with Gasteiger partial charge in [0.25, 0.3) is 0 Å². The predicted molar refractivity (Wildman–Crippen MR) is 227 cm³/mol. The Kier molecular flexibility index (Phi) is 7.74. The number of rotatable bonds is 5. The molecule has 55 heavy (non-hydrogen) atoms. The second-order valence-corrected chi connectivity index (χ2v) is 13.5. The van der Waals surface area contributed by atoms with E-state index in [1.807, 2.05) is 85.9 Å². The van der Waals surface area contributed by atoms with E-state index >= 15 is 0 Å². The smallest absolute Gasteiger partial charge is 0.164 e. The Morgan fingerprint density at radius 3 is 1.76 bits per heavy atom. The molecule has 0 aliphatic carbocycles. The standard InChI is InChI=1S/C46H28N6.C3H6/c1-3-13-30(14-4-1)44-48-45(31-15-5-2-6-16-31)50-46(49-44)32-18-11-19-33(27-32)51-37-22-12-17-29-24-25-35-42-34-20-7-8-21-36(34)52(40-23-9-10-26-47-40)38(42)28-39(51)43(35)41(29)37;1-3-2/h1-28H;3H,1H2,2H3. The minimum absolute atomic E-state index is 0.625. The molecule has 0 unspecified atom stereocenters. The van der Waals surface area contributed by atoms with Crippen molar-refractivity contribution < 1.29 is 0 Å². The number of aromatic nitrogens is 6. The molecule has 260 valence electrons. The van der Waals surface area contributed by atoms with Crippen LogP contribution in [0.2, 0.25) is 0 Å². The highest BCUT2D eigenvalue weighted by molar-refractivity contribution is 6.33. The Bertz CT molecular complexity index is 3110. The van der Waals surface area contributed by atoms with Gasteiger partial charge >= 0.3 is 0 Å². The van der Waals surface area contributed by atoms with Crippen molar-refractivity contribution in [3.05, 3.63) is 183 Å². The third-order valence-corrected chi connectivity index (χ3v) is 10.2. The van der Waals surface area contributed by atoms with Crippen LogP contribution in [0, 0.1) is 0 Å². The molecule has 0 amide bonds. The van der Waals surface area contributed by atoms with Gasteiger partial charge in [0.05, 0.1) is 22.1 Å². The molecule has 0 fully saturated rings. The van der Waals surface area contributed by atoms with Crippen molar-refractivity contribution in [2.45, 2.75) is 6.92 Å². The van der Waals surface area contributed by atoms with E-state index in [-0.39, 0.29) is 0 Å². The molecule has 0 bridgehead atoms. The van der Waals surface area contributed by atoms with Crippen molar-refractivity contribution in [2.24, 2.45) is 0 Å². The first-order valence-corrected chi connectivity index (χ1v) is 18.4. The molecule has 0 radical (unpaired) electrons. The molecule has 6 nitrogen and oxygen atoms in total.